The summed E-state index contributed by atoms with van der Waals surface area (Å²) in [6.07, 6.45) is 0. The lowest BCUT2D eigenvalue weighted by Gasteiger charge is -2.11. The SMILES string of the molecule is COc1ccc(C(=O)CSc2nnc(-c3ccc(Cl)cc3)n2-c2ccc(C)cc2)cc1OC. The van der Waals surface area contributed by atoms with Crippen LogP contribution in [0.3, 0.4) is 0 Å². The van der Waals surface area contributed by atoms with E-state index < -0.39 is 0 Å². The average Bonchev–Trinajstić information content (AvgIpc) is 3.26. The predicted molar refractivity (Wildman–Crippen MR) is 131 cm³/mol. The normalized spacial score (nSPS) is 10.8. The van der Waals surface area contributed by atoms with Gasteiger partial charge in [-0.3, -0.25) is 9.36 Å². The fourth-order valence-electron chi connectivity index (χ4n) is 3.30. The molecule has 0 aliphatic heterocycles. The molecule has 0 amide bonds. The first-order valence-corrected chi connectivity index (χ1v) is 11.5. The van der Waals surface area contributed by atoms with E-state index in [4.69, 9.17) is 21.1 Å². The van der Waals surface area contributed by atoms with Gasteiger partial charge in [0.25, 0.3) is 0 Å². The van der Waals surface area contributed by atoms with E-state index in [0.717, 1.165) is 16.8 Å². The van der Waals surface area contributed by atoms with Crippen molar-refractivity contribution in [3.63, 3.8) is 0 Å². The number of hydrogen-bond donors (Lipinski definition) is 0. The van der Waals surface area contributed by atoms with Crippen LogP contribution in [-0.4, -0.2) is 40.5 Å². The summed E-state index contributed by atoms with van der Waals surface area (Å²) in [6, 6.07) is 20.7. The monoisotopic (exact) mass is 479 g/mol. The van der Waals surface area contributed by atoms with Crippen molar-refractivity contribution < 1.29 is 14.3 Å². The molecule has 0 unspecified atom stereocenters. The molecule has 33 heavy (non-hydrogen) atoms. The van der Waals surface area contributed by atoms with Gasteiger partial charge in [-0.15, -0.1) is 10.2 Å². The van der Waals surface area contributed by atoms with Gasteiger partial charge in [-0.25, -0.2) is 0 Å². The quantitative estimate of drug-likeness (QED) is 0.232. The van der Waals surface area contributed by atoms with Gasteiger partial charge in [0, 0.05) is 21.8 Å². The number of benzene rings is 3. The first-order chi connectivity index (χ1) is 16.0. The Kier molecular flexibility index (Phi) is 7.01. The van der Waals surface area contributed by atoms with Crippen LogP contribution >= 0.6 is 23.4 Å². The molecule has 4 rings (SSSR count). The van der Waals surface area contributed by atoms with Crippen molar-refractivity contribution >= 4 is 29.1 Å². The fourth-order valence-corrected chi connectivity index (χ4v) is 4.27. The van der Waals surface area contributed by atoms with E-state index in [1.807, 2.05) is 60.0 Å². The number of methoxy groups -OCH3 is 2. The minimum absolute atomic E-state index is 0.0487. The van der Waals surface area contributed by atoms with E-state index in [9.17, 15) is 4.79 Å². The van der Waals surface area contributed by atoms with Crippen LogP contribution in [0.1, 0.15) is 15.9 Å². The van der Waals surface area contributed by atoms with Gasteiger partial charge < -0.3 is 9.47 Å². The van der Waals surface area contributed by atoms with Crippen LogP contribution in [0.2, 0.25) is 5.02 Å². The van der Waals surface area contributed by atoms with Crippen LogP contribution in [0.4, 0.5) is 0 Å². The molecule has 0 N–H and O–H groups in total. The third-order valence-electron chi connectivity index (χ3n) is 5.07. The van der Waals surface area contributed by atoms with Gasteiger partial charge in [-0.2, -0.15) is 0 Å². The van der Waals surface area contributed by atoms with Gasteiger partial charge in [-0.05, 0) is 61.5 Å². The highest BCUT2D eigenvalue weighted by Gasteiger charge is 2.18. The third-order valence-corrected chi connectivity index (χ3v) is 6.25. The van der Waals surface area contributed by atoms with E-state index in [0.29, 0.717) is 33.1 Å². The molecular weight excluding hydrogens is 458 g/mol. The summed E-state index contributed by atoms with van der Waals surface area (Å²) in [5, 5.41) is 10.1. The molecule has 0 atom stereocenters. The van der Waals surface area contributed by atoms with Crippen molar-refractivity contribution in [3.8, 4) is 28.6 Å². The summed E-state index contributed by atoms with van der Waals surface area (Å²) >= 11 is 7.39. The Labute approximate surface area is 201 Å². The molecule has 3 aromatic carbocycles. The van der Waals surface area contributed by atoms with Gasteiger partial charge in [0.2, 0.25) is 0 Å². The number of aryl methyl sites for hydroxylation is 1. The number of halogens is 1. The average molecular weight is 480 g/mol. The molecule has 168 valence electrons. The number of carbonyl (C=O) groups is 1. The standard InChI is InChI=1S/C25H22ClN3O3S/c1-16-4-11-20(12-5-16)29-24(17-6-9-19(26)10-7-17)27-28-25(29)33-15-21(30)18-8-13-22(31-2)23(14-18)32-3/h4-14H,15H2,1-3H3. The van der Waals surface area contributed by atoms with Crippen LogP contribution in [0, 0.1) is 6.92 Å². The molecular formula is C25H22ClN3O3S. The number of nitrogens with zero attached hydrogens (tertiary/aromatic N) is 3. The van der Waals surface area contributed by atoms with Crippen LogP contribution in [0.25, 0.3) is 17.1 Å². The van der Waals surface area contributed by atoms with E-state index in [2.05, 4.69) is 10.2 Å². The molecule has 8 heteroatoms. The van der Waals surface area contributed by atoms with Crippen molar-refractivity contribution in [2.75, 3.05) is 20.0 Å². The Balaban J connectivity index is 1.64. The van der Waals surface area contributed by atoms with Crippen LogP contribution in [0.15, 0.2) is 71.9 Å². The lowest BCUT2D eigenvalue weighted by Crippen LogP contribution is -2.05. The van der Waals surface area contributed by atoms with Crippen LogP contribution in [0.5, 0.6) is 11.5 Å². The van der Waals surface area contributed by atoms with E-state index in [1.54, 1.807) is 32.4 Å². The minimum atomic E-state index is -0.0487. The summed E-state index contributed by atoms with van der Waals surface area (Å²) in [5.74, 6) is 1.92. The molecule has 0 saturated carbocycles. The molecule has 0 aliphatic rings. The molecule has 0 bridgehead atoms. The maximum Gasteiger partial charge on any atom is 0.196 e. The number of thioether (sulfide) groups is 1. The number of aromatic nitrogens is 3. The first-order valence-electron chi connectivity index (χ1n) is 10.2. The molecule has 0 fully saturated rings. The zero-order valence-electron chi connectivity index (χ0n) is 18.4. The predicted octanol–water partition coefficient (Wildman–Crippen LogP) is 5.89. The van der Waals surface area contributed by atoms with Gasteiger partial charge >= 0.3 is 0 Å². The minimum Gasteiger partial charge on any atom is -0.493 e. The van der Waals surface area contributed by atoms with Crippen LogP contribution < -0.4 is 9.47 Å². The second kappa shape index (κ2) is 10.1. The zero-order chi connectivity index (χ0) is 23.4. The second-order valence-electron chi connectivity index (χ2n) is 7.27. The molecule has 6 nitrogen and oxygen atoms in total. The molecule has 1 aromatic heterocycles. The summed E-state index contributed by atoms with van der Waals surface area (Å²) in [4.78, 5) is 12.9. The lowest BCUT2D eigenvalue weighted by atomic mass is 10.1. The first kappa shape index (κ1) is 22.9. The van der Waals surface area contributed by atoms with Gasteiger partial charge in [0.1, 0.15) is 0 Å². The Bertz CT molecular complexity index is 1270. The van der Waals surface area contributed by atoms with E-state index in [-0.39, 0.29) is 11.5 Å². The number of ether oxygens (including phenoxy) is 2. The molecule has 0 aliphatic carbocycles. The van der Waals surface area contributed by atoms with Crippen LogP contribution in [-0.2, 0) is 0 Å². The van der Waals surface area contributed by atoms with Gasteiger partial charge in [-0.1, -0.05) is 41.1 Å². The topological polar surface area (TPSA) is 66.2 Å². The van der Waals surface area contributed by atoms with E-state index in [1.165, 1.54) is 11.8 Å². The number of carbonyl (C=O) groups excluding carboxylic acids is 1. The van der Waals surface area contributed by atoms with Crippen molar-refractivity contribution in [2.45, 2.75) is 12.1 Å². The number of rotatable bonds is 8. The molecule has 0 saturated heterocycles. The lowest BCUT2D eigenvalue weighted by molar-refractivity contribution is 0.102. The molecule has 0 spiro atoms. The highest BCUT2D eigenvalue weighted by molar-refractivity contribution is 7.99. The second-order valence-corrected chi connectivity index (χ2v) is 8.64. The molecule has 0 radical (unpaired) electrons. The Morgan fingerprint density at radius 3 is 2.30 bits per heavy atom. The van der Waals surface area contributed by atoms with Gasteiger partial charge in [0.15, 0.2) is 28.3 Å². The number of hydrogen-bond acceptors (Lipinski definition) is 6. The van der Waals surface area contributed by atoms with Crippen molar-refractivity contribution in [1.29, 1.82) is 0 Å². The van der Waals surface area contributed by atoms with Gasteiger partial charge in [0.05, 0.1) is 20.0 Å². The summed E-state index contributed by atoms with van der Waals surface area (Å²) in [7, 11) is 3.11. The fraction of sp³-hybridized carbons (Fsp3) is 0.160. The smallest absolute Gasteiger partial charge is 0.196 e. The number of Topliss-reactive ketones (excluding diaryl/α,β-unsaturated/α-hetero) is 1. The Hall–Kier alpha value is -3.29. The zero-order valence-corrected chi connectivity index (χ0v) is 20.0. The Morgan fingerprint density at radius 2 is 1.64 bits per heavy atom. The Morgan fingerprint density at radius 1 is 0.939 bits per heavy atom. The summed E-state index contributed by atoms with van der Waals surface area (Å²) in [5.41, 5.74) is 3.49. The van der Waals surface area contributed by atoms with E-state index >= 15 is 0 Å². The number of ketones is 1. The highest BCUT2D eigenvalue weighted by atomic mass is 35.5. The largest absolute Gasteiger partial charge is 0.493 e. The van der Waals surface area contributed by atoms with Crippen molar-refractivity contribution in [1.82, 2.24) is 14.8 Å². The third kappa shape index (κ3) is 5.05. The summed E-state index contributed by atoms with van der Waals surface area (Å²) in [6.45, 7) is 2.04. The molecule has 1 heterocycles. The molecule has 4 aromatic rings. The van der Waals surface area contributed by atoms with Crippen molar-refractivity contribution in [3.05, 3.63) is 82.9 Å². The summed E-state index contributed by atoms with van der Waals surface area (Å²) < 4.78 is 12.5. The maximum atomic E-state index is 12.9. The highest BCUT2D eigenvalue weighted by Crippen LogP contribution is 2.31. The maximum absolute atomic E-state index is 12.9. The van der Waals surface area contributed by atoms with Crippen molar-refractivity contribution in [2.24, 2.45) is 0 Å².